The molecule has 6 heteroatoms. The van der Waals surface area contributed by atoms with Crippen LogP contribution in [0.1, 0.15) is 5.56 Å². The second-order valence-corrected chi connectivity index (χ2v) is 27.2. The number of hydrogen-bond donors (Lipinski definition) is 0. The van der Waals surface area contributed by atoms with E-state index >= 15 is 0 Å². The molecule has 0 bridgehead atoms. The third kappa shape index (κ3) is 4.26. The van der Waals surface area contributed by atoms with Crippen LogP contribution in [0.2, 0.25) is 0 Å². The molecule has 0 aliphatic heterocycles. The molecule has 0 saturated carbocycles. The molecular formula is C10H13Cl2NS2Sn. The second kappa shape index (κ2) is 6.14. The Hall–Kier alpha value is 0.839. The van der Waals surface area contributed by atoms with Crippen LogP contribution in [0.25, 0.3) is 0 Å². The average molecular weight is 401 g/mol. The molecule has 0 atom stereocenters. The van der Waals surface area contributed by atoms with Gasteiger partial charge in [-0.05, 0) is 0 Å². The number of rotatable bonds is 2. The number of aryl methyl sites for hydroxylation is 1. The van der Waals surface area contributed by atoms with Gasteiger partial charge in [0.1, 0.15) is 0 Å². The standard InChI is InChI=1S/C7H7.C3H7NS2.2ClH.Sn/c1-7-5-3-2-4-6-7;1-4(2)3(5)6;;;/h3-6H,1H3;1-2H3,(H,5,6);2*1H;/q;;;;+3/p-3. The predicted octanol–water partition coefficient (Wildman–Crippen LogP) is 3.20. The molecule has 0 aromatic heterocycles. The van der Waals surface area contributed by atoms with Crippen molar-refractivity contribution in [2.75, 3.05) is 14.1 Å². The number of thiocarbonyl (C=S) groups is 1. The Labute approximate surface area is 116 Å². The van der Waals surface area contributed by atoms with Crippen LogP contribution < -0.4 is 3.58 Å². The normalized spacial score (nSPS) is 11.3. The first-order valence-corrected chi connectivity index (χ1v) is 18.1. The van der Waals surface area contributed by atoms with E-state index in [1.165, 1.54) is 14.5 Å². The summed E-state index contributed by atoms with van der Waals surface area (Å²) in [7, 11) is 18.2. The predicted molar refractivity (Wildman–Crippen MR) is 82.1 cm³/mol. The molecule has 0 aliphatic rings. The van der Waals surface area contributed by atoms with E-state index in [9.17, 15) is 0 Å². The van der Waals surface area contributed by atoms with Crippen LogP contribution in [-0.4, -0.2) is 38.1 Å². The fourth-order valence-electron chi connectivity index (χ4n) is 1.01. The molecule has 1 nitrogen and oxygen atoms in total. The summed E-state index contributed by atoms with van der Waals surface area (Å²) in [5.74, 6) is 0. The fourth-order valence-corrected chi connectivity index (χ4v) is 17.5. The number of benzene rings is 1. The van der Waals surface area contributed by atoms with Crippen molar-refractivity contribution in [1.82, 2.24) is 4.90 Å². The quantitative estimate of drug-likeness (QED) is 0.554. The van der Waals surface area contributed by atoms with E-state index in [-0.39, 0.29) is 0 Å². The maximum absolute atomic E-state index is 6.48. The van der Waals surface area contributed by atoms with Crippen LogP contribution >= 0.6 is 39.0 Å². The van der Waals surface area contributed by atoms with Crippen molar-refractivity contribution in [2.24, 2.45) is 0 Å². The third-order valence-corrected chi connectivity index (χ3v) is 19.0. The Bertz CT molecular complexity index is 379. The summed E-state index contributed by atoms with van der Waals surface area (Å²) in [5, 5.41) is 0. The molecule has 1 aromatic rings. The van der Waals surface area contributed by atoms with Crippen molar-refractivity contribution in [3.8, 4) is 0 Å². The molecule has 0 radical (unpaired) electrons. The first-order valence-electron chi connectivity index (χ1n) is 4.68. The van der Waals surface area contributed by atoms with Crippen LogP contribution in [0.4, 0.5) is 0 Å². The fraction of sp³-hybridized carbons (Fsp3) is 0.300. The Morgan fingerprint density at radius 3 is 2.19 bits per heavy atom. The summed E-state index contributed by atoms with van der Waals surface area (Å²) >= 11 is 1.90. The van der Waals surface area contributed by atoms with E-state index in [4.69, 9.17) is 30.1 Å². The molecule has 0 N–H and O–H groups in total. The van der Waals surface area contributed by atoms with E-state index < -0.39 is 14.7 Å². The van der Waals surface area contributed by atoms with Gasteiger partial charge in [-0.3, -0.25) is 0 Å². The van der Waals surface area contributed by atoms with Crippen LogP contribution in [0.3, 0.4) is 0 Å². The van der Waals surface area contributed by atoms with Gasteiger partial charge in [-0.15, -0.1) is 0 Å². The van der Waals surface area contributed by atoms with Crippen LogP contribution in [-0.2, 0) is 0 Å². The molecule has 1 rings (SSSR count). The van der Waals surface area contributed by atoms with E-state index in [1.807, 2.05) is 50.2 Å². The van der Waals surface area contributed by atoms with E-state index in [0.29, 0.717) is 0 Å². The van der Waals surface area contributed by atoms with Gasteiger partial charge >= 0.3 is 117 Å². The zero-order valence-electron chi connectivity index (χ0n) is 9.33. The van der Waals surface area contributed by atoms with Crippen molar-refractivity contribution < 1.29 is 0 Å². The SMILES string of the molecule is Cc1cc[c]([Sn]([Cl])([Cl])[S]C(=S)N(C)C)cc1. The van der Waals surface area contributed by atoms with Crippen LogP contribution in [0.15, 0.2) is 24.3 Å². The Balaban J connectivity index is 2.85. The number of nitrogens with zero attached hydrogens (tertiary/aromatic N) is 1. The van der Waals surface area contributed by atoms with Crippen molar-refractivity contribution in [3.63, 3.8) is 0 Å². The van der Waals surface area contributed by atoms with Gasteiger partial charge in [-0.1, -0.05) is 0 Å². The molecule has 1 aromatic carbocycles. The van der Waals surface area contributed by atoms with E-state index in [0.717, 1.165) is 7.90 Å². The molecule has 0 aliphatic carbocycles. The van der Waals surface area contributed by atoms with E-state index in [1.54, 1.807) is 0 Å². The minimum absolute atomic E-state index is 0.751. The average Bonchev–Trinajstić information content (AvgIpc) is 2.17. The summed E-state index contributed by atoms with van der Waals surface area (Å²) in [4.78, 5) is 1.87. The first kappa shape index (κ1) is 14.9. The molecule has 0 fully saturated rings. The van der Waals surface area contributed by atoms with Gasteiger partial charge < -0.3 is 0 Å². The molecule has 16 heavy (non-hydrogen) atoms. The first-order chi connectivity index (χ1) is 7.33. The van der Waals surface area contributed by atoms with Crippen molar-refractivity contribution in [2.45, 2.75) is 6.92 Å². The van der Waals surface area contributed by atoms with Crippen LogP contribution in [0.5, 0.6) is 0 Å². The summed E-state index contributed by atoms with van der Waals surface area (Å²) in [5.41, 5.74) is 1.21. The molecular weight excluding hydrogens is 388 g/mol. The Morgan fingerprint density at radius 2 is 1.75 bits per heavy atom. The van der Waals surface area contributed by atoms with Gasteiger partial charge in [0, 0.05) is 0 Å². The molecule has 0 spiro atoms. The van der Waals surface area contributed by atoms with Crippen molar-refractivity contribution >= 4 is 61.6 Å². The van der Waals surface area contributed by atoms with Gasteiger partial charge in [0.05, 0.1) is 0 Å². The van der Waals surface area contributed by atoms with Gasteiger partial charge in [0.2, 0.25) is 0 Å². The topological polar surface area (TPSA) is 3.24 Å². The molecule has 0 unspecified atom stereocenters. The summed E-state index contributed by atoms with van der Waals surface area (Å²) in [6.45, 7) is 2.04. The van der Waals surface area contributed by atoms with Gasteiger partial charge in [-0.2, -0.15) is 0 Å². The number of halogens is 2. The van der Waals surface area contributed by atoms with Gasteiger partial charge in [0.25, 0.3) is 0 Å². The Morgan fingerprint density at radius 1 is 1.25 bits per heavy atom. The summed E-state index contributed by atoms with van der Waals surface area (Å²) in [6.07, 6.45) is 0. The van der Waals surface area contributed by atoms with Gasteiger partial charge in [-0.25, -0.2) is 0 Å². The summed E-state index contributed by atoms with van der Waals surface area (Å²) < 4.78 is 1.80. The third-order valence-electron chi connectivity index (χ3n) is 1.97. The van der Waals surface area contributed by atoms with Crippen molar-refractivity contribution in [1.29, 1.82) is 0 Å². The monoisotopic (exact) mass is 401 g/mol. The minimum atomic E-state index is -3.33. The van der Waals surface area contributed by atoms with Crippen LogP contribution in [0, 0.1) is 6.92 Å². The number of hydrogen-bond acceptors (Lipinski definition) is 2. The Kier molecular flexibility index (Phi) is 5.71. The zero-order chi connectivity index (χ0) is 12.3. The molecule has 0 saturated heterocycles. The second-order valence-electron chi connectivity index (χ2n) is 3.65. The van der Waals surface area contributed by atoms with Gasteiger partial charge in [0.15, 0.2) is 0 Å². The van der Waals surface area contributed by atoms with E-state index in [2.05, 4.69) is 0 Å². The molecule has 0 amide bonds. The van der Waals surface area contributed by atoms with Crippen molar-refractivity contribution in [3.05, 3.63) is 29.8 Å². The maximum atomic E-state index is 6.48. The zero-order valence-corrected chi connectivity index (χ0v) is 15.3. The molecule has 0 heterocycles. The molecule has 88 valence electrons. The summed E-state index contributed by atoms with van der Waals surface area (Å²) in [6, 6.07) is 8.09.